The lowest BCUT2D eigenvalue weighted by Gasteiger charge is -2.02. The van der Waals surface area contributed by atoms with E-state index in [0.717, 1.165) is 17.0 Å². The fourth-order valence-corrected chi connectivity index (χ4v) is 3.83. The van der Waals surface area contributed by atoms with Crippen LogP contribution in [0.2, 0.25) is 0 Å². The fraction of sp³-hybridized carbons (Fsp3) is 0.0952. The van der Waals surface area contributed by atoms with Crippen LogP contribution in [0.1, 0.15) is 22.2 Å². The van der Waals surface area contributed by atoms with Crippen molar-refractivity contribution in [3.05, 3.63) is 76.5 Å². The summed E-state index contributed by atoms with van der Waals surface area (Å²) in [6, 6.07) is 18.6. The van der Waals surface area contributed by atoms with Gasteiger partial charge in [0.15, 0.2) is 5.78 Å². The van der Waals surface area contributed by atoms with E-state index in [9.17, 15) is 4.79 Å². The van der Waals surface area contributed by atoms with E-state index >= 15 is 0 Å². The van der Waals surface area contributed by atoms with E-state index in [4.69, 9.17) is 0 Å². The molecule has 2 heterocycles. The monoisotopic (exact) mass is 331 g/mol. The van der Waals surface area contributed by atoms with Gasteiger partial charge in [0, 0.05) is 28.4 Å². The topological polar surface area (TPSA) is 22.0 Å². The summed E-state index contributed by atoms with van der Waals surface area (Å²) in [5.41, 5.74) is 3.54. The molecule has 2 aromatic carbocycles. The second kappa shape index (κ2) is 6.10. The highest BCUT2D eigenvalue weighted by atomic mass is 32.1. The molecule has 0 fully saturated rings. The van der Waals surface area contributed by atoms with Crippen LogP contribution in [0.5, 0.6) is 0 Å². The molecule has 4 aromatic rings. The molecular formula is C21H17NOS. The van der Waals surface area contributed by atoms with Gasteiger partial charge in [-0.05, 0) is 48.2 Å². The molecule has 0 unspecified atom stereocenters. The summed E-state index contributed by atoms with van der Waals surface area (Å²) in [6.07, 6.45) is 3.56. The number of nitrogens with zero attached hydrogens (tertiary/aromatic N) is 1. The molecule has 0 saturated carbocycles. The SMILES string of the molecule is CCn1c2ccccc2c2cc(/C=C\C(=O)c3cccs3)ccc21. The Kier molecular flexibility index (Phi) is 3.79. The van der Waals surface area contributed by atoms with Gasteiger partial charge in [-0.2, -0.15) is 0 Å². The molecule has 0 saturated heterocycles. The lowest BCUT2D eigenvalue weighted by molar-refractivity contribution is 0.105. The van der Waals surface area contributed by atoms with E-state index in [2.05, 4.69) is 54.0 Å². The average Bonchev–Trinajstić information content (AvgIpc) is 3.25. The molecule has 0 N–H and O–H groups in total. The van der Waals surface area contributed by atoms with E-state index in [1.54, 1.807) is 6.08 Å². The summed E-state index contributed by atoms with van der Waals surface area (Å²) in [5, 5.41) is 4.42. The average molecular weight is 331 g/mol. The number of para-hydroxylation sites is 1. The number of aromatic nitrogens is 1. The number of hydrogen-bond donors (Lipinski definition) is 0. The van der Waals surface area contributed by atoms with Gasteiger partial charge < -0.3 is 4.57 Å². The second-order valence-corrected chi connectivity index (χ2v) is 6.66. The van der Waals surface area contributed by atoms with E-state index in [1.165, 1.54) is 33.1 Å². The van der Waals surface area contributed by atoms with Gasteiger partial charge in [0.1, 0.15) is 0 Å². The van der Waals surface area contributed by atoms with Crippen molar-refractivity contribution in [3.63, 3.8) is 0 Å². The number of allylic oxidation sites excluding steroid dienone is 1. The van der Waals surface area contributed by atoms with Crippen molar-refractivity contribution in [1.82, 2.24) is 4.57 Å². The van der Waals surface area contributed by atoms with E-state index in [0.29, 0.717) is 0 Å². The summed E-state index contributed by atoms with van der Waals surface area (Å²) >= 11 is 1.47. The molecule has 24 heavy (non-hydrogen) atoms. The van der Waals surface area contributed by atoms with Crippen molar-refractivity contribution in [2.75, 3.05) is 0 Å². The van der Waals surface area contributed by atoms with Crippen LogP contribution in [0.25, 0.3) is 27.9 Å². The van der Waals surface area contributed by atoms with Crippen LogP contribution in [0.4, 0.5) is 0 Å². The minimum absolute atomic E-state index is 0.0566. The fourth-order valence-electron chi connectivity index (χ4n) is 3.19. The molecule has 118 valence electrons. The van der Waals surface area contributed by atoms with Crippen LogP contribution in [-0.2, 0) is 6.54 Å². The van der Waals surface area contributed by atoms with Crippen LogP contribution < -0.4 is 0 Å². The van der Waals surface area contributed by atoms with Crippen molar-refractivity contribution in [1.29, 1.82) is 0 Å². The molecule has 2 aromatic heterocycles. The maximum atomic E-state index is 12.1. The number of aryl methyl sites for hydroxylation is 1. The third-order valence-electron chi connectivity index (χ3n) is 4.30. The zero-order valence-corrected chi connectivity index (χ0v) is 14.2. The lowest BCUT2D eigenvalue weighted by Crippen LogP contribution is -1.92. The maximum Gasteiger partial charge on any atom is 0.195 e. The van der Waals surface area contributed by atoms with Crippen molar-refractivity contribution in [3.8, 4) is 0 Å². The molecule has 0 aliphatic heterocycles. The highest BCUT2D eigenvalue weighted by molar-refractivity contribution is 7.12. The molecule has 0 aliphatic rings. The Labute approximate surface area is 144 Å². The summed E-state index contributed by atoms with van der Waals surface area (Å²) < 4.78 is 2.33. The third kappa shape index (κ3) is 2.47. The van der Waals surface area contributed by atoms with Crippen molar-refractivity contribution in [2.24, 2.45) is 0 Å². The Morgan fingerprint density at radius 1 is 1.04 bits per heavy atom. The van der Waals surface area contributed by atoms with Gasteiger partial charge in [0.25, 0.3) is 0 Å². The van der Waals surface area contributed by atoms with Crippen LogP contribution in [0.3, 0.4) is 0 Å². The molecule has 0 aliphatic carbocycles. The molecule has 3 heteroatoms. The highest BCUT2D eigenvalue weighted by Crippen LogP contribution is 2.30. The predicted molar refractivity (Wildman–Crippen MR) is 103 cm³/mol. The Morgan fingerprint density at radius 2 is 1.88 bits per heavy atom. The first-order valence-electron chi connectivity index (χ1n) is 8.05. The first-order valence-corrected chi connectivity index (χ1v) is 8.93. The van der Waals surface area contributed by atoms with Gasteiger partial charge in [-0.1, -0.05) is 36.4 Å². The molecule has 0 radical (unpaired) electrons. The second-order valence-electron chi connectivity index (χ2n) is 5.71. The summed E-state index contributed by atoms with van der Waals surface area (Å²) in [5.74, 6) is 0.0566. The standard InChI is InChI=1S/C21H17NOS/c1-2-22-18-7-4-3-6-16(18)17-14-15(9-11-19(17)22)10-12-20(23)21-8-5-13-24-21/h3-14H,2H2,1H3/b12-10-. The maximum absolute atomic E-state index is 12.1. The normalized spacial score (nSPS) is 11.7. The number of thiophene rings is 1. The van der Waals surface area contributed by atoms with Crippen LogP contribution in [-0.4, -0.2) is 10.4 Å². The number of carbonyl (C=O) groups is 1. The van der Waals surface area contributed by atoms with Gasteiger partial charge in [-0.15, -0.1) is 11.3 Å². The van der Waals surface area contributed by atoms with E-state index < -0.39 is 0 Å². The van der Waals surface area contributed by atoms with Gasteiger partial charge in [-0.25, -0.2) is 0 Å². The smallest absolute Gasteiger partial charge is 0.195 e. The number of benzene rings is 2. The van der Waals surface area contributed by atoms with Crippen LogP contribution in [0, 0.1) is 0 Å². The summed E-state index contributed by atoms with van der Waals surface area (Å²) in [6.45, 7) is 3.11. The minimum Gasteiger partial charge on any atom is -0.341 e. The predicted octanol–water partition coefficient (Wildman–Crippen LogP) is 5.77. The zero-order chi connectivity index (χ0) is 16.5. The van der Waals surface area contributed by atoms with Gasteiger partial charge >= 0.3 is 0 Å². The van der Waals surface area contributed by atoms with Gasteiger partial charge in [0.05, 0.1) is 4.88 Å². The summed E-state index contributed by atoms with van der Waals surface area (Å²) in [4.78, 5) is 12.9. The molecule has 0 bridgehead atoms. The number of hydrogen-bond acceptors (Lipinski definition) is 2. The molecule has 0 amide bonds. The van der Waals surface area contributed by atoms with Crippen molar-refractivity contribution < 1.29 is 4.79 Å². The minimum atomic E-state index is 0.0566. The number of rotatable bonds is 4. The molecule has 0 atom stereocenters. The molecular weight excluding hydrogens is 314 g/mol. The largest absolute Gasteiger partial charge is 0.341 e. The van der Waals surface area contributed by atoms with E-state index in [1.807, 2.05) is 23.6 Å². The molecule has 2 nitrogen and oxygen atoms in total. The highest BCUT2D eigenvalue weighted by Gasteiger charge is 2.09. The van der Waals surface area contributed by atoms with Crippen LogP contribution >= 0.6 is 11.3 Å². The first-order chi connectivity index (χ1) is 11.8. The van der Waals surface area contributed by atoms with Crippen molar-refractivity contribution >= 4 is 45.0 Å². The van der Waals surface area contributed by atoms with Gasteiger partial charge in [0.2, 0.25) is 0 Å². The Bertz CT molecular complexity index is 1050. The molecule has 0 spiro atoms. The number of ketones is 1. The summed E-state index contributed by atoms with van der Waals surface area (Å²) in [7, 11) is 0. The Morgan fingerprint density at radius 3 is 2.67 bits per heavy atom. The van der Waals surface area contributed by atoms with Crippen LogP contribution in [0.15, 0.2) is 66.1 Å². The van der Waals surface area contributed by atoms with E-state index in [-0.39, 0.29) is 5.78 Å². The Balaban J connectivity index is 1.78. The zero-order valence-electron chi connectivity index (χ0n) is 13.4. The quantitative estimate of drug-likeness (QED) is 0.343. The Hall–Kier alpha value is -2.65. The number of carbonyl (C=O) groups excluding carboxylic acids is 1. The molecule has 4 rings (SSSR count). The van der Waals surface area contributed by atoms with Crippen molar-refractivity contribution in [2.45, 2.75) is 13.5 Å². The van der Waals surface area contributed by atoms with Gasteiger partial charge in [-0.3, -0.25) is 4.79 Å². The number of fused-ring (bicyclic) bond motifs is 3. The third-order valence-corrected chi connectivity index (χ3v) is 5.19. The first kappa shape index (κ1) is 14.9. The lowest BCUT2D eigenvalue weighted by atomic mass is 10.1.